The number of nitrogens with one attached hydrogen (secondary N) is 1. The minimum atomic E-state index is 1.07. The van der Waals surface area contributed by atoms with Crippen LogP contribution >= 0.6 is 0 Å². The van der Waals surface area contributed by atoms with E-state index in [1.807, 2.05) is 0 Å². The molecule has 1 nitrogen and oxygen atoms in total. The Hall–Kier alpha value is -1.76. The summed E-state index contributed by atoms with van der Waals surface area (Å²) in [5.74, 6) is 0. The van der Waals surface area contributed by atoms with Gasteiger partial charge < -0.3 is 5.32 Å². The van der Waals surface area contributed by atoms with Crippen molar-refractivity contribution >= 4 is 11.4 Å². The third-order valence-corrected chi connectivity index (χ3v) is 3.65. The van der Waals surface area contributed by atoms with Gasteiger partial charge in [-0.1, -0.05) is 45.0 Å². The largest absolute Gasteiger partial charge is 0.355 e. The molecule has 0 aliphatic carbocycles. The molecular formula is C18H23N. The first-order valence-electron chi connectivity index (χ1n) is 7.25. The third kappa shape index (κ3) is 3.17. The van der Waals surface area contributed by atoms with Gasteiger partial charge in [0.2, 0.25) is 0 Å². The summed E-state index contributed by atoms with van der Waals surface area (Å²) in [4.78, 5) is 0. The van der Waals surface area contributed by atoms with Crippen LogP contribution in [0.15, 0.2) is 42.5 Å². The van der Waals surface area contributed by atoms with Gasteiger partial charge in [0, 0.05) is 11.4 Å². The number of anilines is 2. The average Bonchev–Trinajstić information content (AvgIpc) is 2.47. The molecule has 0 amide bonds. The molecule has 0 bridgehead atoms. The molecule has 0 atom stereocenters. The first-order chi connectivity index (χ1) is 9.28. The van der Waals surface area contributed by atoms with Crippen LogP contribution in [-0.4, -0.2) is 0 Å². The third-order valence-electron chi connectivity index (χ3n) is 3.65. The van der Waals surface area contributed by atoms with Crippen molar-refractivity contribution in [2.75, 3.05) is 5.32 Å². The molecule has 100 valence electrons. The molecule has 2 aromatic carbocycles. The first kappa shape index (κ1) is 13.7. The van der Waals surface area contributed by atoms with E-state index in [1.54, 1.807) is 0 Å². The van der Waals surface area contributed by atoms with Gasteiger partial charge in [-0.05, 0) is 54.2 Å². The maximum atomic E-state index is 3.55. The van der Waals surface area contributed by atoms with Crippen LogP contribution in [0.3, 0.4) is 0 Å². The second-order valence-electron chi connectivity index (χ2n) is 4.83. The number of benzene rings is 2. The van der Waals surface area contributed by atoms with Gasteiger partial charge >= 0.3 is 0 Å². The van der Waals surface area contributed by atoms with Crippen molar-refractivity contribution < 1.29 is 0 Å². The minimum absolute atomic E-state index is 1.07. The molecule has 2 rings (SSSR count). The van der Waals surface area contributed by atoms with Crippen LogP contribution in [0.25, 0.3) is 0 Å². The molecule has 0 aliphatic rings. The predicted octanol–water partition coefficient (Wildman–Crippen LogP) is 5.12. The lowest BCUT2D eigenvalue weighted by Crippen LogP contribution is -1.99. The summed E-state index contributed by atoms with van der Waals surface area (Å²) in [7, 11) is 0. The molecule has 0 heterocycles. The summed E-state index contributed by atoms with van der Waals surface area (Å²) in [5.41, 5.74) is 6.66. The number of hydrogen-bond donors (Lipinski definition) is 1. The van der Waals surface area contributed by atoms with E-state index in [4.69, 9.17) is 0 Å². The first-order valence-corrected chi connectivity index (χ1v) is 7.25. The van der Waals surface area contributed by atoms with Gasteiger partial charge in [0.15, 0.2) is 0 Å². The predicted molar refractivity (Wildman–Crippen MR) is 84.3 cm³/mol. The van der Waals surface area contributed by atoms with Crippen molar-refractivity contribution in [3.8, 4) is 0 Å². The Balaban J connectivity index is 2.26. The average molecular weight is 253 g/mol. The molecule has 2 aromatic rings. The van der Waals surface area contributed by atoms with Crippen molar-refractivity contribution in [2.24, 2.45) is 0 Å². The molecule has 19 heavy (non-hydrogen) atoms. The second kappa shape index (κ2) is 6.42. The van der Waals surface area contributed by atoms with E-state index in [1.165, 1.54) is 28.1 Å². The monoisotopic (exact) mass is 253 g/mol. The van der Waals surface area contributed by atoms with Gasteiger partial charge in [-0.15, -0.1) is 0 Å². The lowest BCUT2D eigenvalue weighted by atomic mass is 10.0. The second-order valence-corrected chi connectivity index (χ2v) is 4.83. The standard InChI is InChI=1S/C18H23N/c1-4-14-10-12-16(13-11-14)19-18-9-7-8-15(5-2)17(18)6-3/h7-13,19H,4-6H2,1-3H3. The molecule has 0 aliphatic heterocycles. The van der Waals surface area contributed by atoms with E-state index in [9.17, 15) is 0 Å². The summed E-state index contributed by atoms with van der Waals surface area (Å²) in [5, 5.41) is 3.55. The fraction of sp³-hybridized carbons (Fsp3) is 0.333. The molecule has 1 heteroatoms. The Morgan fingerprint density at radius 1 is 0.789 bits per heavy atom. The quantitative estimate of drug-likeness (QED) is 0.780. The van der Waals surface area contributed by atoms with Crippen LogP contribution < -0.4 is 5.32 Å². The van der Waals surface area contributed by atoms with Crippen molar-refractivity contribution in [3.63, 3.8) is 0 Å². The van der Waals surface area contributed by atoms with E-state index in [-0.39, 0.29) is 0 Å². The number of aryl methyl sites for hydroxylation is 2. The fourth-order valence-corrected chi connectivity index (χ4v) is 2.48. The van der Waals surface area contributed by atoms with Gasteiger partial charge in [0.1, 0.15) is 0 Å². The zero-order valence-electron chi connectivity index (χ0n) is 12.2. The summed E-state index contributed by atoms with van der Waals surface area (Å²) in [6, 6.07) is 15.2. The molecule has 0 fully saturated rings. The Labute approximate surface area is 116 Å². The van der Waals surface area contributed by atoms with Gasteiger partial charge in [-0.25, -0.2) is 0 Å². The van der Waals surface area contributed by atoms with E-state index in [0.717, 1.165) is 19.3 Å². The summed E-state index contributed by atoms with van der Waals surface area (Å²) < 4.78 is 0. The van der Waals surface area contributed by atoms with Crippen molar-refractivity contribution in [1.82, 2.24) is 0 Å². The van der Waals surface area contributed by atoms with Gasteiger partial charge in [-0.3, -0.25) is 0 Å². The van der Waals surface area contributed by atoms with E-state index < -0.39 is 0 Å². The van der Waals surface area contributed by atoms with Crippen molar-refractivity contribution in [3.05, 3.63) is 59.2 Å². The highest BCUT2D eigenvalue weighted by Crippen LogP contribution is 2.25. The SMILES string of the molecule is CCc1ccc(Nc2cccc(CC)c2CC)cc1. The van der Waals surface area contributed by atoms with Crippen LogP contribution in [0.4, 0.5) is 11.4 Å². The zero-order chi connectivity index (χ0) is 13.7. The van der Waals surface area contributed by atoms with Crippen LogP contribution in [0.1, 0.15) is 37.5 Å². The van der Waals surface area contributed by atoms with Crippen LogP contribution in [0.5, 0.6) is 0 Å². The molecule has 0 saturated carbocycles. The summed E-state index contributed by atoms with van der Waals surface area (Å²) in [6.45, 7) is 6.62. The highest BCUT2D eigenvalue weighted by molar-refractivity contribution is 5.65. The molecule has 0 radical (unpaired) electrons. The molecule has 0 saturated heterocycles. The number of hydrogen-bond acceptors (Lipinski definition) is 1. The fourth-order valence-electron chi connectivity index (χ4n) is 2.48. The number of rotatable bonds is 5. The van der Waals surface area contributed by atoms with E-state index in [0.29, 0.717) is 0 Å². The highest BCUT2D eigenvalue weighted by atomic mass is 14.9. The van der Waals surface area contributed by atoms with Crippen LogP contribution in [-0.2, 0) is 19.3 Å². The van der Waals surface area contributed by atoms with Gasteiger partial charge in [0.05, 0.1) is 0 Å². The molecular weight excluding hydrogens is 230 g/mol. The Morgan fingerprint density at radius 3 is 2.11 bits per heavy atom. The molecule has 0 spiro atoms. The van der Waals surface area contributed by atoms with Crippen molar-refractivity contribution in [1.29, 1.82) is 0 Å². The highest BCUT2D eigenvalue weighted by Gasteiger charge is 2.05. The van der Waals surface area contributed by atoms with Gasteiger partial charge in [0.25, 0.3) is 0 Å². The maximum absolute atomic E-state index is 3.55. The molecule has 0 aromatic heterocycles. The Kier molecular flexibility index (Phi) is 4.62. The van der Waals surface area contributed by atoms with E-state index in [2.05, 4.69) is 68.6 Å². The minimum Gasteiger partial charge on any atom is -0.355 e. The lowest BCUT2D eigenvalue weighted by molar-refractivity contribution is 1.04. The lowest BCUT2D eigenvalue weighted by Gasteiger charge is -2.14. The van der Waals surface area contributed by atoms with Crippen molar-refractivity contribution in [2.45, 2.75) is 40.0 Å². The topological polar surface area (TPSA) is 12.0 Å². The van der Waals surface area contributed by atoms with E-state index >= 15 is 0 Å². The smallest absolute Gasteiger partial charge is 0.0419 e. The van der Waals surface area contributed by atoms with Crippen LogP contribution in [0, 0.1) is 0 Å². The Bertz CT molecular complexity index is 526. The normalized spacial score (nSPS) is 10.5. The Morgan fingerprint density at radius 2 is 1.53 bits per heavy atom. The summed E-state index contributed by atoms with van der Waals surface area (Å²) >= 11 is 0. The zero-order valence-corrected chi connectivity index (χ0v) is 12.2. The maximum Gasteiger partial charge on any atom is 0.0419 e. The molecule has 0 unspecified atom stereocenters. The summed E-state index contributed by atoms with van der Waals surface area (Å²) in [6.07, 6.45) is 3.25. The molecule has 1 N–H and O–H groups in total. The van der Waals surface area contributed by atoms with Crippen LogP contribution in [0.2, 0.25) is 0 Å². The van der Waals surface area contributed by atoms with Gasteiger partial charge in [-0.2, -0.15) is 0 Å².